The maximum Gasteiger partial charge on any atom is 0.316 e. The lowest BCUT2D eigenvalue weighted by Gasteiger charge is -2.38. The summed E-state index contributed by atoms with van der Waals surface area (Å²) in [6.07, 6.45) is 0.617. The van der Waals surface area contributed by atoms with E-state index in [9.17, 15) is 17.6 Å². The zero-order chi connectivity index (χ0) is 10.6. The third kappa shape index (κ3) is 0.996. The van der Waals surface area contributed by atoms with E-state index in [1.54, 1.807) is 0 Å². The molecule has 82 valence electrons. The largest absolute Gasteiger partial charge is 0.316 e. The summed E-state index contributed by atoms with van der Waals surface area (Å²) in [6, 6.07) is 0. The second-order valence-corrected chi connectivity index (χ2v) is 5.15. The molecule has 2 fully saturated rings. The Kier molecular flexibility index (Phi) is 2.19. The molecule has 0 saturated heterocycles. The normalized spacial score (nSPS) is 43.1. The highest BCUT2D eigenvalue weighted by Gasteiger charge is 2.79. The summed E-state index contributed by atoms with van der Waals surface area (Å²) in [5.74, 6) is -8.69. The molecule has 14 heavy (non-hydrogen) atoms. The highest BCUT2D eigenvalue weighted by Crippen LogP contribution is 2.70. The van der Waals surface area contributed by atoms with Crippen LogP contribution in [0.4, 0.5) is 17.6 Å². The minimum Gasteiger partial charge on any atom is -0.200 e. The molecule has 0 nitrogen and oxygen atoms in total. The monoisotopic (exact) mass is 274 g/mol. The van der Waals surface area contributed by atoms with Crippen molar-refractivity contribution in [3.63, 3.8) is 0 Å². The van der Waals surface area contributed by atoms with Gasteiger partial charge in [-0.25, -0.2) is 0 Å². The molecule has 0 aromatic carbocycles. The Morgan fingerprint density at radius 2 is 1.86 bits per heavy atom. The Hall–Kier alpha value is 0.200. The van der Waals surface area contributed by atoms with Gasteiger partial charge in [-0.2, -0.15) is 17.6 Å². The molecular formula is C9H11BrF4. The van der Waals surface area contributed by atoms with Crippen molar-refractivity contribution in [2.24, 2.45) is 11.3 Å². The van der Waals surface area contributed by atoms with E-state index in [4.69, 9.17) is 0 Å². The van der Waals surface area contributed by atoms with Crippen molar-refractivity contribution in [2.75, 3.05) is 5.33 Å². The van der Waals surface area contributed by atoms with E-state index in [1.807, 2.05) is 0 Å². The predicted octanol–water partition coefficient (Wildman–Crippen LogP) is 3.84. The van der Waals surface area contributed by atoms with Crippen LogP contribution in [0.1, 0.15) is 25.7 Å². The number of hydrogen-bond donors (Lipinski definition) is 0. The van der Waals surface area contributed by atoms with E-state index in [-0.39, 0.29) is 25.7 Å². The third-order valence-electron chi connectivity index (χ3n) is 3.78. The van der Waals surface area contributed by atoms with Crippen LogP contribution in [0.5, 0.6) is 0 Å². The zero-order valence-corrected chi connectivity index (χ0v) is 9.09. The molecule has 2 rings (SSSR count). The summed E-state index contributed by atoms with van der Waals surface area (Å²) < 4.78 is 53.4. The van der Waals surface area contributed by atoms with Gasteiger partial charge in [-0.3, -0.25) is 0 Å². The van der Waals surface area contributed by atoms with Crippen LogP contribution in [-0.2, 0) is 0 Å². The van der Waals surface area contributed by atoms with Crippen molar-refractivity contribution in [3.8, 4) is 0 Å². The first-order chi connectivity index (χ1) is 6.37. The van der Waals surface area contributed by atoms with Crippen LogP contribution in [0.15, 0.2) is 0 Å². The fraction of sp³-hybridized carbons (Fsp3) is 1.00. The Bertz CT molecular complexity index is 253. The second-order valence-electron chi connectivity index (χ2n) is 4.36. The minimum atomic E-state index is -3.81. The van der Waals surface area contributed by atoms with Crippen LogP contribution >= 0.6 is 15.9 Å². The molecule has 0 aliphatic heterocycles. The summed E-state index contributed by atoms with van der Waals surface area (Å²) in [6.45, 7) is 0. The summed E-state index contributed by atoms with van der Waals surface area (Å²) in [7, 11) is 0. The van der Waals surface area contributed by atoms with Gasteiger partial charge in [0.2, 0.25) is 0 Å². The summed E-state index contributed by atoms with van der Waals surface area (Å²) >= 11 is 3.06. The lowest BCUT2D eigenvalue weighted by molar-refractivity contribution is -0.260. The van der Waals surface area contributed by atoms with Crippen molar-refractivity contribution in [3.05, 3.63) is 0 Å². The molecule has 2 bridgehead atoms. The summed E-state index contributed by atoms with van der Waals surface area (Å²) in [5.41, 5.74) is -1.44. The average Bonchev–Trinajstić information content (AvgIpc) is 2.54. The van der Waals surface area contributed by atoms with Gasteiger partial charge >= 0.3 is 11.8 Å². The molecule has 0 amide bonds. The lowest BCUT2D eigenvalue weighted by Crippen LogP contribution is -2.51. The van der Waals surface area contributed by atoms with E-state index in [0.29, 0.717) is 5.33 Å². The van der Waals surface area contributed by atoms with Gasteiger partial charge in [-0.1, -0.05) is 15.9 Å². The molecule has 0 aromatic rings. The molecule has 0 aromatic heterocycles. The van der Waals surface area contributed by atoms with Gasteiger partial charge in [0.1, 0.15) is 0 Å². The first kappa shape index (κ1) is 10.7. The molecule has 2 aliphatic rings. The summed E-state index contributed by atoms with van der Waals surface area (Å²) in [4.78, 5) is 0. The van der Waals surface area contributed by atoms with Gasteiger partial charge in [-0.15, -0.1) is 0 Å². The SMILES string of the molecule is FC1(F)C2CCC(CCBr)(C2)C1(F)F. The number of halogens is 5. The molecule has 0 heterocycles. The standard InChI is InChI=1S/C9H11BrF4/c10-4-3-7-2-1-6(5-7)8(11,12)9(7,13)14/h6H,1-5H2. The quantitative estimate of drug-likeness (QED) is 0.530. The van der Waals surface area contributed by atoms with Crippen LogP contribution in [0.3, 0.4) is 0 Å². The van der Waals surface area contributed by atoms with Crippen molar-refractivity contribution >= 4 is 15.9 Å². The molecule has 2 atom stereocenters. The Morgan fingerprint density at radius 1 is 1.21 bits per heavy atom. The Morgan fingerprint density at radius 3 is 2.29 bits per heavy atom. The number of alkyl halides is 5. The molecular weight excluding hydrogens is 264 g/mol. The first-order valence-electron chi connectivity index (χ1n) is 4.69. The number of rotatable bonds is 2. The maximum atomic E-state index is 13.5. The van der Waals surface area contributed by atoms with Crippen LogP contribution < -0.4 is 0 Å². The number of fused-ring (bicyclic) bond motifs is 2. The highest BCUT2D eigenvalue weighted by atomic mass is 79.9. The van der Waals surface area contributed by atoms with Crippen molar-refractivity contribution in [1.82, 2.24) is 0 Å². The van der Waals surface area contributed by atoms with Gasteiger partial charge < -0.3 is 0 Å². The van der Waals surface area contributed by atoms with Crippen molar-refractivity contribution in [1.29, 1.82) is 0 Å². The van der Waals surface area contributed by atoms with Crippen LogP contribution in [0.2, 0.25) is 0 Å². The van der Waals surface area contributed by atoms with E-state index < -0.39 is 23.2 Å². The van der Waals surface area contributed by atoms with Gasteiger partial charge in [0, 0.05) is 16.7 Å². The Labute approximate surface area is 88.2 Å². The van der Waals surface area contributed by atoms with Crippen LogP contribution in [-0.4, -0.2) is 17.2 Å². The fourth-order valence-electron chi connectivity index (χ4n) is 2.90. The van der Waals surface area contributed by atoms with Gasteiger partial charge in [0.25, 0.3) is 0 Å². The zero-order valence-electron chi connectivity index (χ0n) is 7.50. The average molecular weight is 275 g/mol. The smallest absolute Gasteiger partial charge is 0.200 e. The molecule has 0 N–H and O–H groups in total. The highest BCUT2D eigenvalue weighted by molar-refractivity contribution is 9.09. The second kappa shape index (κ2) is 2.86. The van der Waals surface area contributed by atoms with Crippen LogP contribution in [0, 0.1) is 11.3 Å². The van der Waals surface area contributed by atoms with E-state index in [2.05, 4.69) is 15.9 Å². The summed E-state index contributed by atoms with van der Waals surface area (Å²) in [5, 5.41) is 0.366. The molecule has 2 aliphatic carbocycles. The number of hydrogen-bond acceptors (Lipinski definition) is 0. The van der Waals surface area contributed by atoms with Crippen molar-refractivity contribution < 1.29 is 17.6 Å². The van der Waals surface area contributed by atoms with E-state index in [1.165, 1.54) is 0 Å². The molecule has 2 unspecified atom stereocenters. The van der Waals surface area contributed by atoms with Crippen molar-refractivity contribution in [2.45, 2.75) is 37.5 Å². The predicted molar refractivity (Wildman–Crippen MR) is 48.1 cm³/mol. The molecule has 5 heteroatoms. The lowest BCUT2D eigenvalue weighted by atomic mass is 9.77. The minimum absolute atomic E-state index is 0.0153. The van der Waals surface area contributed by atoms with Crippen LogP contribution in [0.25, 0.3) is 0 Å². The topological polar surface area (TPSA) is 0 Å². The molecule has 0 spiro atoms. The van der Waals surface area contributed by atoms with E-state index >= 15 is 0 Å². The van der Waals surface area contributed by atoms with Gasteiger partial charge in [0.15, 0.2) is 0 Å². The first-order valence-corrected chi connectivity index (χ1v) is 5.81. The third-order valence-corrected chi connectivity index (χ3v) is 4.18. The van der Waals surface area contributed by atoms with E-state index in [0.717, 1.165) is 0 Å². The Balaban J connectivity index is 2.36. The molecule has 0 radical (unpaired) electrons. The fourth-order valence-corrected chi connectivity index (χ4v) is 3.65. The maximum absolute atomic E-state index is 13.5. The van der Waals surface area contributed by atoms with Gasteiger partial charge in [0.05, 0.1) is 0 Å². The molecule has 2 saturated carbocycles. The van der Waals surface area contributed by atoms with Gasteiger partial charge in [-0.05, 0) is 25.7 Å².